The lowest BCUT2D eigenvalue weighted by Gasteiger charge is -2.32. The Labute approximate surface area is 203 Å². The third-order valence-corrected chi connectivity index (χ3v) is 6.49. The molecule has 2 aromatic carbocycles. The Balaban J connectivity index is 2.48. The molecule has 0 aliphatic heterocycles. The molecule has 0 heterocycles. The Hall–Kier alpha value is -3.54. The summed E-state index contributed by atoms with van der Waals surface area (Å²) in [5.74, 6) is -1.83. The SMILES string of the molecule is CCCNC(=O)C(C)N(Cc1ccccc1F)C(=O)CN(c1cc([N+](=O)[O-])ccc1C)S(C)(=O)=O. The van der Waals surface area contributed by atoms with Gasteiger partial charge in [-0.1, -0.05) is 31.2 Å². The van der Waals surface area contributed by atoms with Crippen LogP contribution in [0.15, 0.2) is 42.5 Å². The lowest BCUT2D eigenvalue weighted by Crippen LogP contribution is -2.51. The van der Waals surface area contributed by atoms with Crippen LogP contribution in [0.3, 0.4) is 0 Å². The maximum atomic E-state index is 14.4. The minimum Gasteiger partial charge on any atom is -0.354 e. The topological polar surface area (TPSA) is 130 Å². The zero-order chi connectivity index (χ0) is 26.3. The number of carbonyl (C=O) groups is 2. The van der Waals surface area contributed by atoms with Crippen LogP contribution in [0.4, 0.5) is 15.8 Å². The molecule has 0 aromatic heterocycles. The molecule has 0 saturated carbocycles. The molecule has 0 aliphatic carbocycles. The Morgan fingerprint density at radius 1 is 1.20 bits per heavy atom. The summed E-state index contributed by atoms with van der Waals surface area (Å²) in [4.78, 5) is 37.7. The van der Waals surface area contributed by atoms with Gasteiger partial charge in [0.05, 0.1) is 16.9 Å². The minimum absolute atomic E-state index is 0.0380. The van der Waals surface area contributed by atoms with Crippen LogP contribution in [0.2, 0.25) is 0 Å². The smallest absolute Gasteiger partial charge is 0.271 e. The van der Waals surface area contributed by atoms with E-state index in [-0.39, 0.29) is 23.5 Å². The van der Waals surface area contributed by atoms with Crippen molar-refractivity contribution in [2.45, 2.75) is 39.8 Å². The molecule has 12 heteroatoms. The fourth-order valence-corrected chi connectivity index (χ4v) is 4.26. The van der Waals surface area contributed by atoms with Gasteiger partial charge in [-0.15, -0.1) is 0 Å². The third kappa shape index (κ3) is 7.22. The van der Waals surface area contributed by atoms with E-state index in [0.717, 1.165) is 21.5 Å². The number of aryl methyl sites for hydroxylation is 1. The molecule has 35 heavy (non-hydrogen) atoms. The van der Waals surface area contributed by atoms with Gasteiger partial charge in [0.25, 0.3) is 5.69 Å². The molecule has 0 saturated heterocycles. The monoisotopic (exact) mass is 508 g/mol. The number of nitrogens with zero attached hydrogens (tertiary/aromatic N) is 3. The van der Waals surface area contributed by atoms with Crippen LogP contribution >= 0.6 is 0 Å². The van der Waals surface area contributed by atoms with Gasteiger partial charge in [0.2, 0.25) is 21.8 Å². The van der Waals surface area contributed by atoms with Gasteiger partial charge in [-0.25, -0.2) is 12.8 Å². The summed E-state index contributed by atoms with van der Waals surface area (Å²) < 4.78 is 40.4. The highest BCUT2D eigenvalue weighted by Gasteiger charge is 2.31. The molecule has 0 radical (unpaired) electrons. The molecule has 0 fully saturated rings. The van der Waals surface area contributed by atoms with Crippen LogP contribution in [0.5, 0.6) is 0 Å². The second-order valence-electron chi connectivity index (χ2n) is 8.08. The summed E-state index contributed by atoms with van der Waals surface area (Å²) in [6.07, 6.45) is 1.53. The molecule has 0 spiro atoms. The zero-order valence-corrected chi connectivity index (χ0v) is 20.8. The van der Waals surface area contributed by atoms with Crippen molar-refractivity contribution in [2.24, 2.45) is 0 Å². The molecule has 190 valence electrons. The number of non-ortho nitro benzene ring substituents is 1. The van der Waals surface area contributed by atoms with Gasteiger partial charge in [0.1, 0.15) is 18.4 Å². The van der Waals surface area contributed by atoms with E-state index in [4.69, 9.17) is 0 Å². The second kappa shape index (κ2) is 11.7. The molecule has 2 rings (SSSR count). The van der Waals surface area contributed by atoms with Gasteiger partial charge in [-0.05, 0) is 31.9 Å². The number of benzene rings is 2. The summed E-state index contributed by atoms with van der Waals surface area (Å²) in [5, 5.41) is 13.9. The number of nitro benzene ring substituents is 1. The summed E-state index contributed by atoms with van der Waals surface area (Å²) in [6, 6.07) is 8.39. The van der Waals surface area contributed by atoms with Crippen molar-refractivity contribution in [3.8, 4) is 0 Å². The largest absolute Gasteiger partial charge is 0.354 e. The van der Waals surface area contributed by atoms with E-state index in [9.17, 15) is 32.5 Å². The molecule has 0 aliphatic rings. The summed E-state index contributed by atoms with van der Waals surface area (Å²) in [5.41, 5.74) is 0.155. The van der Waals surface area contributed by atoms with Crippen molar-refractivity contribution in [1.29, 1.82) is 0 Å². The normalized spacial score (nSPS) is 12.0. The van der Waals surface area contributed by atoms with Gasteiger partial charge < -0.3 is 10.2 Å². The van der Waals surface area contributed by atoms with Crippen LogP contribution in [0.25, 0.3) is 0 Å². The van der Waals surface area contributed by atoms with Gasteiger partial charge in [0, 0.05) is 30.8 Å². The van der Waals surface area contributed by atoms with Crippen LogP contribution in [0.1, 0.15) is 31.4 Å². The molecule has 2 amide bonds. The van der Waals surface area contributed by atoms with Crippen LogP contribution < -0.4 is 9.62 Å². The average molecular weight is 509 g/mol. The highest BCUT2D eigenvalue weighted by molar-refractivity contribution is 7.92. The van der Waals surface area contributed by atoms with Crippen LogP contribution in [0, 0.1) is 22.9 Å². The van der Waals surface area contributed by atoms with Gasteiger partial charge >= 0.3 is 0 Å². The number of halogens is 1. The fourth-order valence-electron chi connectivity index (χ4n) is 3.36. The lowest BCUT2D eigenvalue weighted by atomic mass is 10.1. The number of hydrogen-bond acceptors (Lipinski definition) is 6. The summed E-state index contributed by atoms with van der Waals surface area (Å²) in [7, 11) is -4.06. The van der Waals surface area contributed by atoms with Crippen LogP contribution in [-0.4, -0.2) is 55.4 Å². The molecule has 1 unspecified atom stereocenters. The molecular formula is C23H29FN4O6S. The molecule has 0 bridgehead atoms. The zero-order valence-electron chi connectivity index (χ0n) is 20.0. The predicted molar refractivity (Wildman–Crippen MR) is 130 cm³/mol. The minimum atomic E-state index is -4.06. The molecule has 2 aromatic rings. The first-order valence-corrected chi connectivity index (χ1v) is 12.7. The summed E-state index contributed by atoms with van der Waals surface area (Å²) in [6.45, 7) is 4.23. The van der Waals surface area contributed by atoms with Crippen molar-refractivity contribution in [2.75, 3.05) is 23.7 Å². The Morgan fingerprint density at radius 2 is 1.86 bits per heavy atom. The Kier molecular flexibility index (Phi) is 9.29. The number of sulfonamides is 1. The quantitative estimate of drug-likeness (QED) is 0.367. The average Bonchev–Trinajstić information content (AvgIpc) is 2.79. The van der Waals surface area contributed by atoms with Gasteiger partial charge in [0.15, 0.2) is 0 Å². The second-order valence-corrected chi connectivity index (χ2v) is 9.98. The highest BCUT2D eigenvalue weighted by atomic mass is 32.2. The number of nitrogens with one attached hydrogen (secondary N) is 1. The van der Waals surface area contributed by atoms with E-state index in [2.05, 4.69) is 5.32 Å². The van der Waals surface area contributed by atoms with Gasteiger partial charge in [-0.3, -0.25) is 24.0 Å². The summed E-state index contributed by atoms with van der Waals surface area (Å²) >= 11 is 0. The molecule has 1 atom stereocenters. The van der Waals surface area contributed by atoms with Gasteiger partial charge in [-0.2, -0.15) is 0 Å². The van der Waals surface area contributed by atoms with Crippen molar-refractivity contribution in [3.63, 3.8) is 0 Å². The maximum absolute atomic E-state index is 14.4. The lowest BCUT2D eigenvalue weighted by molar-refractivity contribution is -0.384. The first-order valence-electron chi connectivity index (χ1n) is 10.9. The van der Waals surface area contributed by atoms with E-state index >= 15 is 0 Å². The first-order chi connectivity index (χ1) is 16.4. The van der Waals surface area contributed by atoms with E-state index in [1.54, 1.807) is 13.0 Å². The Morgan fingerprint density at radius 3 is 2.43 bits per heavy atom. The fraction of sp³-hybridized carbons (Fsp3) is 0.391. The van der Waals surface area contributed by atoms with E-state index in [1.807, 2.05) is 6.92 Å². The van der Waals surface area contributed by atoms with Crippen LogP contribution in [-0.2, 0) is 26.2 Å². The number of amides is 2. The van der Waals surface area contributed by atoms with Crippen molar-refractivity contribution >= 4 is 33.2 Å². The molecule has 10 nitrogen and oxygen atoms in total. The number of hydrogen-bond donors (Lipinski definition) is 1. The van der Waals surface area contributed by atoms with E-state index < -0.39 is 45.2 Å². The van der Waals surface area contributed by atoms with Crippen molar-refractivity contribution < 1.29 is 27.3 Å². The third-order valence-electron chi connectivity index (χ3n) is 5.37. The maximum Gasteiger partial charge on any atom is 0.271 e. The number of anilines is 1. The number of rotatable bonds is 11. The molecular weight excluding hydrogens is 479 g/mol. The van der Waals surface area contributed by atoms with Crippen molar-refractivity contribution in [3.05, 3.63) is 69.5 Å². The number of nitro groups is 1. The first kappa shape index (κ1) is 27.7. The highest BCUT2D eigenvalue weighted by Crippen LogP contribution is 2.28. The Bertz CT molecular complexity index is 1200. The van der Waals surface area contributed by atoms with E-state index in [1.165, 1.54) is 37.3 Å². The van der Waals surface area contributed by atoms with Crippen molar-refractivity contribution in [1.82, 2.24) is 10.2 Å². The number of carbonyl (C=O) groups excluding carboxylic acids is 2. The standard InChI is InChI=1S/C23H29FN4O6S/c1-5-12-25-23(30)17(3)26(14-18-8-6-7-9-20(18)24)22(29)15-27(35(4,33)34)21-13-19(28(31)32)11-10-16(21)2/h6-11,13,17H,5,12,14-15H2,1-4H3,(H,25,30). The van der Waals surface area contributed by atoms with E-state index in [0.29, 0.717) is 18.5 Å². The predicted octanol–water partition coefficient (Wildman–Crippen LogP) is 2.75. The molecule has 1 N–H and O–H groups in total.